The summed E-state index contributed by atoms with van der Waals surface area (Å²) in [7, 11) is 0. The molecule has 0 aromatic rings. The lowest BCUT2D eigenvalue weighted by Crippen LogP contribution is -2.19. The van der Waals surface area contributed by atoms with Crippen LogP contribution in [0.4, 0.5) is 0 Å². The fourth-order valence-electron chi connectivity index (χ4n) is 2.02. The number of hydrogen-bond donors (Lipinski definition) is 0. The average molecular weight is 202 g/mol. The van der Waals surface area contributed by atoms with E-state index in [2.05, 4.69) is 50.3 Å². The van der Waals surface area contributed by atoms with Gasteiger partial charge in [0.25, 0.3) is 0 Å². The van der Waals surface area contributed by atoms with Crippen LogP contribution in [0.1, 0.15) is 26.7 Å². The van der Waals surface area contributed by atoms with Gasteiger partial charge >= 0.3 is 0 Å². The van der Waals surface area contributed by atoms with Gasteiger partial charge in [-0.3, -0.25) is 0 Å². The first kappa shape index (κ1) is 10.4. The highest BCUT2D eigenvalue weighted by atomic mass is 16.5. The fraction of sp³-hybridized carbons (Fsp3) is 0.429. The second-order valence-corrected chi connectivity index (χ2v) is 4.14. The van der Waals surface area contributed by atoms with Crippen molar-refractivity contribution in [1.29, 1.82) is 0 Å². The zero-order valence-corrected chi connectivity index (χ0v) is 9.44. The molecule has 0 aliphatic heterocycles. The van der Waals surface area contributed by atoms with Crippen molar-refractivity contribution in [2.75, 3.05) is 0 Å². The molecule has 0 N–H and O–H groups in total. The minimum Gasteiger partial charge on any atom is -0.367 e. The van der Waals surface area contributed by atoms with Crippen molar-refractivity contribution in [3.63, 3.8) is 0 Å². The quantitative estimate of drug-likeness (QED) is 0.677. The van der Waals surface area contributed by atoms with E-state index in [1.165, 1.54) is 11.1 Å². The molecule has 1 heteroatoms. The van der Waals surface area contributed by atoms with Crippen LogP contribution in [0.3, 0.4) is 0 Å². The molecule has 0 fully saturated rings. The number of rotatable bonds is 4. The largest absolute Gasteiger partial charge is 0.367 e. The summed E-state index contributed by atoms with van der Waals surface area (Å²) >= 11 is 0. The van der Waals surface area contributed by atoms with Crippen LogP contribution in [-0.4, -0.2) is 12.2 Å². The molecule has 0 bridgehead atoms. The summed E-state index contributed by atoms with van der Waals surface area (Å²) in [5, 5.41) is 0. The van der Waals surface area contributed by atoms with Gasteiger partial charge in [-0.05, 0) is 37.8 Å². The van der Waals surface area contributed by atoms with E-state index in [1.54, 1.807) is 0 Å². The zero-order valence-electron chi connectivity index (χ0n) is 9.44. The molecule has 2 aliphatic carbocycles. The van der Waals surface area contributed by atoms with Crippen molar-refractivity contribution in [1.82, 2.24) is 0 Å². The Kier molecular flexibility index (Phi) is 3.22. The van der Waals surface area contributed by atoms with Gasteiger partial charge in [-0.2, -0.15) is 0 Å². The molecular formula is C14H18O. The molecule has 0 aromatic carbocycles. The molecule has 0 amide bonds. The first-order valence-electron chi connectivity index (χ1n) is 5.65. The summed E-state index contributed by atoms with van der Waals surface area (Å²) < 4.78 is 5.99. The van der Waals surface area contributed by atoms with Gasteiger partial charge in [-0.15, -0.1) is 0 Å². The summed E-state index contributed by atoms with van der Waals surface area (Å²) in [6.45, 7) is 4.26. The van der Waals surface area contributed by atoms with Gasteiger partial charge in [-0.1, -0.05) is 36.5 Å². The zero-order chi connectivity index (χ0) is 10.7. The lowest BCUT2D eigenvalue weighted by atomic mass is 10.1. The summed E-state index contributed by atoms with van der Waals surface area (Å²) in [5.41, 5.74) is 2.69. The van der Waals surface area contributed by atoms with Gasteiger partial charge in [0.1, 0.15) is 0 Å². The molecule has 2 unspecified atom stereocenters. The highest BCUT2D eigenvalue weighted by molar-refractivity contribution is 5.30. The Bertz CT molecular complexity index is 344. The van der Waals surface area contributed by atoms with Crippen LogP contribution in [0.2, 0.25) is 0 Å². The van der Waals surface area contributed by atoms with Crippen LogP contribution < -0.4 is 0 Å². The van der Waals surface area contributed by atoms with E-state index in [-0.39, 0.29) is 12.2 Å². The van der Waals surface area contributed by atoms with Gasteiger partial charge in [0, 0.05) is 0 Å². The molecule has 2 aliphatic rings. The molecule has 2 rings (SSSR count). The van der Waals surface area contributed by atoms with Gasteiger partial charge < -0.3 is 4.74 Å². The Balaban J connectivity index is 1.88. The first-order chi connectivity index (χ1) is 7.27. The summed E-state index contributed by atoms with van der Waals surface area (Å²) in [6.07, 6.45) is 15.6. The molecule has 0 spiro atoms. The highest BCUT2D eigenvalue weighted by Crippen LogP contribution is 2.22. The third-order valence-corrected chi connectivity index (χ3v) is 3.00. The Hall–Kier alpha value is -1.08. The number of hydrogen-bond acceptors (Lipinski definition) is 1. The van der Waals surface area contributed by atoms with Crippen molar-refractivity contribution in [2.24, 2.45) is 0 Å². The average Bonchev–Trinajstić information content (AvgIpc) is 2.91. The van der Waals surface area contributed by atoms with Gasteiger partial charge in [0.05, 0.1) is 12.2 Å². The van der Waals surface area contributed by atoms with E-state index in [0.29, 0.717) is 0 Å². The molecule has 1 nitrogen and oxygen atoms in total. The van der Waals surface area contributed by atoms with Gasteiger partial charge in [0.15, 0.2) is 0 Å². The first-order valence-corrected chi connectivity index (χ1v) is 5.65. The van der Waals surface area contributed by atoms with Gasteiger partial charge in [-0.25, -0.2) is 0 Å². The lowest BCUT2D eigenvalue weighted by Gasteiger charge is -2.20. The van der Waals surface area contributed by atoms with E-state index >= 15 is 0 Å². The Morgan fingerprint density at radius 2 is 2.07 bits per heavy atom. The van der Waals surface area contributed by atoms with Gasteiger partial charge in [0.2, 0.25) is 0 Å². The van der Waals surface area contributed by atoms with Crippen LogP contribution in [0, 0.1) is 0 Å². The van der Waals surface area contributed by atoms with Crippen molar-refractivity contribution in [2.45, 2.75) is 38.9 Å². The fourth-order valence-corrected chi connectivity index (χ4v) is 2.02. The van der Waals surface area contributed by atoms with Crippen LogP contribution in [0.15, 0.2) is 47.6 Å². The third kappa shape index (κ3) is 2.48. The summed E-state index contributed by atoms with van der Waals surface area (Å²) in [5.74, 6) is 0. The second-order valence-electron chi connectivity index (χ2n) is 4.14. The predicted octanol–water partition coefficient (Wildman–Crippen LogP) is 3.55. The number of allylic oxidation sites excluding steroid dienone is 5. The van der Waals surface area contributed by atoms with Crippen LogP contribution in [0.25, 0.3) is 0 Å². The molecule has 0 saturated carbocycles. The molecule has 0 aromatic heterocycles. The summed E-state index contributed by atoms with van der Waals surface area (Å²) in [6, 6.07) is 0. The molecular weight excluding hydrogens is 184 g/mol. The van der Waals surface area contributed by atoms with E-state index in [1.807, 2.05) is 0 Å². The van der Waals surface area contributed by atoms with E-state index in [9.17, 15) is 0 Å². The van der Waals surface area contributed by atoms with E-state index in [4.69, 9.17) is 4.74 Å². The predicted molar refractivity (Wildman–Crippen MR) is 63.7 cm³/mol. The normalized spacial score (nSPS) is 22.8. The maximum absolute atomic E-state index is 5.99. The maximum atomic E-state index is 5.99. The Morgan fingerprint density at radius 1 is 1.20 bits per heavy atom. The van der Waals surface area contributed by atoms with Crippen LogP contribution in [0.5, 0.6) is 0 Å². The molecule has 2 atom stereocenters. The van der Waals surface area contributed by atoms with Crippen molar-refractivity contribution >= 4 is 0 Å². The van der Waals surface area contributed by atoms with Crippen LogP contribution in [-0.2, 0) is 4.74 Å². The van der Waals surface area contributed by atoms with Crippen molar-refractivity contribution in [3.8, 4) is 0 Å². The molecule has 0 heterocycles. The molecule has 0 saturated heterocycles. The minimum atomic E-state index is 0.209. The maximum Gasteiger partial charge on any atom is 0.0801 e. The smallest absolute Gasteiger partial charge is 0.0801 e. The second kappa shape index (κ2) is 4.63. The van der Waals surface area contributed by atoms with E-state index in [0.717, 1.165) is 12.8 Å². The Morgan fingerprint density at radius 3 is 2.67 bits per heavy atom. The standard InChI is InChI=1S/C14H18O/c1-11(13-7-3-4-8-13)15-12(2)14-9-5-6-10-14/h3-5,7,9-12H,6,8H2,1-2H3. The van der Waals surface area contributed by atoms with Crippen molar-refractivity contribution in [3.05, 3.63) is 47.6 Å². The van der Waals surface area contributed by atoms with Crippen molar-refractivity contribution < 1.29 is 4.74 Å². The third-order valence-electron chi connectivity index (χ3n) is 3.00. The SMILES string of the molecule is CC(OC(C)C1=CC=CC1)C1=CCC=C1. The minimum absolute atomic E-state index is 0.209. The molecule has 15 heavy (non-hydrogen) atoms. The number of ether oxygens (including phenoxy) is 1. The monoisotopic (exact) mass is 202 g/mol. The van der Waals surface area contributed by atoms with E-state index < -0.39 is 0 Å². The summed E-state index contributed by atoms with van der Waals surface area (Å²) in [4.78, 5) is 0. The Labute approximate surface area is 91.8 Å². The molecule has 0 radical (unpaired) electrons. The molecule has 80 valence electrons. The topological polar surface area (TPSA) is 9.23 Å². The lowest BCUT2D eigenvalue weighted by molar-refractivity contribution is 0.0507. The van der Waals surface area contributed by atoms with Crippen LogP contribution >= 0.6 is 0 Å². The highest BCUT2D eigenvalue weighted by Gasteiger charge is 2.16.